The van der Waals surface area contributed by atoms with Gasteiger partial charge in [0.1, 0.15) is 22.3 Å². The Morgan fingerprint density at radius 1 is 1.15 bits per heavy atom. The van der Waals surface area contributed by atoms with Gasteiger partial charge in [-0.05, 0) is 48.5 Å². The molecule has 1 aromatic carbocycles. The molecule has 0 bridgehead atoms. The molecule has 3 N–H and O–H groups in total. The van der Waals surface area contributed by atoms with E-state index in [9.17, 15) is 13.2 Å². The van der Waals surface area contributed by atoms with E-state index in [4.69, 9.17) is 14.3 Å². The Hall–Kier alpha value is -2.14. The first-order valence-corrected chi connectivity index (χ1v) is 10.8. The molecule has 0 aliphatic rings. The average Bonchev–Trinajstić information content (AvgIpc) is 3.28. The Labute approximate surface area is 168 Å². The summed E-state index contributed by atoms with van der Waals surface area (Å²) < 4.78 is 34.6. The number of hydrogen-bond donors (Lipinski definition) is 2. The largest absolute Gasteiger partial charge is 0.486 e. The summed E-state index contributed by atoms with van der Waals surface area (Å²) in [7, 11) is -3.73. The molecule has 142 valence electrons. The van der Waals surface area contributed by atoms with Gasteiger partial charge in [-0.2, -0.15) is 0 Å². The van der Waals surface area contributed by atoms with Crippen LogP contribution in [0.3, 0.4) is 0 Å². The molecule has 27 heavy (non-hydrogen) atoms. The van der Waals surface area contributed by atoms with E-state index in [1.54, 1.807) is 18.2 Å². The van der Waals surface area contributed by atoms with E-state index in [1.165, 1.54) is 6.07 Å². The van der Waals surface area contributed by atoms with Gasteiger partial charge in [0.2, 0.25) is 10.0 Å². The number of carbonyl (C=O) groups excluding carboxylic acids is 1. The van der Waals surface area contributed by atoms with Crippen LogP contribution in [0.1, 0.15) is 21.2 Å². The van der Waals surface area contributed by atoms with Crippen LogP contribution in [-0.4, -0.2) is 14.3 Å². The van der Waals surface area contributed by atoms with Crippen molar-refractivity contribution >= 4 is 43.2 Å². The van der Waals surface area contributed by atoms with Crippen LogP contribution in [0.25, 0.3) is 0 Å². The van der Waals surface area contributed by atoms with E-state index in [2.05, 4.69) is 21.2 Å². The van der Waals surface area contributed by atoms with Crippen LogP contribution in [0.2, 0.25) is 0 Å². The van der Waals surface area contributed by atoms with Crippen molar-refractivity contribution in [2.75, 3.05) is 0 Å². The summed E-state index contributed by atoms with van der Waals surface area (Å²) in [6.07, 6.45) is 0. The van der Waals surface area contributed by atoms with Crippen molar-refractivity contribution in [1.82, 2.24) is 5.32 Å². The molecule has 0 radical (unpaired) electrons. The number of hydrogen-bond acceptors (Lipinski definition) is 6. The minimum atomic E-state index is -3.73. The molecular formula is C17H15BrN2O5S2. The summed E-state index contributed by atoms with van der Waals surface area (Å²) in [6, 6.07) is 13.6. The first kappa shape index (κ1) is 19.6. The van der Waals surface area contributed by atoms with E-state index in [-0.39, 0.29) is 23.1 Å². The van der Waals surface area contributed by atoms with Crippen molar-refractivity contribution in [1.29, 1.82) is 0 Å². The number of sulfonamides is 1. The summed E-state index contributed by atoms with van der Waals surface area (Å²) >= 11 is 4.36. The van der Waals surface area contributed by atoms with Crippen LogP contribution >= 0.6 is 27.3 Å². The maximum absolute atomic E-state index is 12.2. The van der Waals surface area contributed by atoms with Gasteiger partial charge in [-0.3, -0.25) is 4.79 Å². The number of nitrogens with one attached hydrogen (secondary N) is 1. The molecule has 0 unspecified atom stereocenters. The maximum Gasteiger partial charge on any atom is 0.287 e. The molecule has 2 aromatic heterocycles. The van der Waals surface area contributed by atoms with Gasteiger partial charge in [-0.1, -0.05) is 15.9 Å². The number of benzene rings is 1. The summed E-state index contributed by atoms with van der Waals surface area (Å²) in [6.45, 7) is 0.363. The van der Waals surface area contributed by atoms with Crippen LogP contribution in [0.15, 0.2) is 61.6 Å². The highest BCUT2D eigenvalue weighted by atomic mass is 79.9. The van der Waals surface area contributed by atoms with E-state index in [1.807, 2.05) is 24.3 Å². The van der Waals surface area contributed by atoms with Crippen molar-refractivity contribution in [2.45, 2.75) is 17.4 Å². The smallest absolute Gasteiger partial charge is 0.287 e. The van der Waals surface area contributed by atoms with Gasteiger partial charge in [0.15, 0.2) is 5.76 Å². The van der Waals surface area contributed by atoms with Gasteiger partial charge in [0.25, 0.3) is 5.91 Å². The number of nitrogens with two attached hydrogens (primary N) is 1. The first-order valence-electron chi connectivity index (χ1n) is 7.68. The summed E-state index contributed by atoms with van der Waals surface area (Å²) in [5, 5.41) is 7.73. The second-order valence-corrected chi connectivity index (χ2v) is 9.33. The minimum Gasteiger partial charge on any atom is -0.486 e. The Kier molecular flexibility index (Phi) is 6.00. The first-order chi connectivity index (χ1) is 12.8. The summed E-state index contributed by atoms with van der Waals surface area (Å²) in [5.74, 6) is 0.933. The van der Waals surface area contributed by atoms with Gasteiger partial charge in [-0.15, -0.1) is 11.3 Å². The van der Waals surface area contributed by atoms with Gasteiger partial charge in [0, 0.05) is 9.35 Å². The summed E-state index contributed by atoms with van der Waals surface area (Å²) in [4.78, 5) is 12.8. The van der Waals surface area contributed by atoms with Crippen molar-refractivity contribution in [3.8, 4) is 5.75 Å². The number of halogens is 1. The maximum atomic E-state index is 12.2. The molecule has 2 heterocycles. The zero-order chi connectivity index (χ0) is 19.4. The van der Waals surface area contributed by atoms with Gasteiger partial charge < -0.3 is 14.5 Å². The predicted octanol–water partition coefficient (Wildman–Crippen LogP) is 3.26. The number of carbonyl (C=O) groups is 1. The lowest BCUT2D eigenvalue weighted by molar-refractivity contribution is 0.0919. The average molecular weight is 471 g/mol. The lowest BCUT2D eigenvalue weighted by Crippen LogP contribution is -2.21. The fraction of sp³-hybridized carbons (Fsp3) is 0.118. The Morgan fingerprint density at radius 3 is 2.56 bits per heavy atom. The van der Waals surface area contributed by atoms with Crippen molar-refractivity contribution in [3.05, 3.63) is 69.4 Å². The molecule has 0 saturated heterocycles. The molecule has 0 spiro atoms. The molecule has 0 atom stereocenters. The number of furan rings is 1. The van der Waals surface area contributed by atoms with Crippen LogP contribution in [0, 0.1) is 0 Å². The molecule has 7 nitrogen and oxygen atoms in total. The van der Waals surface area contributed by atoms with Crippen LogP contribution < -0.4 is 15.2 Å². The standard InChI is InChI=1S/C17H15BrN2O5S2/c18-11-1-3-12(4-2-11)24-10-13-5-7-15(25-13)17(21)20-9-14-6-8-16(26-14)27(19,22)23/h1-8H,9-10H2,(H,20,21)(H2,19,22,23). The molecule has 3 aromatic rings. The Balaban J connectivity index is 1.53. The molecular weight excluding hydrogens is 456 g/mol. The van der Waals surface area contributed by atoms with Crippen LogP contribution in [-0.2, 0) is 23.2 Å². The third-order valence-corrected chi connectivity index (χ3v) is 6.47. The normalized spacial score (nSPS) is 11.3. The summed E-state index contributed by atoms with van der Waals surface area (Å²) in [5.41, 5.74) is 0. The molecule has 0 aliphatic heterocycles. The zero-order valence-corrected chi connectivity index (χ0v) is 17.1. The van der Waals surface area contributed by atoms with E-state index in [0.717, 1.165) is 15.8 Å². The van der Waals surface area contributed by atoms with Gasteiger partial charge in [0.05, 0.1) is 6.54 Å². The van der Waals surface area contributed by atoms with Gasteiger partial charge >= 0.3 is 0 Å². The molecule has 3 rings (SSSR count). The molecule has 0 saturated carbocycles. The van der Waals surface area contributed by atoms with E-state index >= 15 is 0 Å². The number of rotatable bonds is 7. The van der Waals surface area contributed by atoms with E-state index in [0.29, 0.717) is 16.4 Å². The number of ether oxygens (including phenoxy) is 1. The Bertz CT molecular complexity index is 1040. The topological polar surface area (TPSA) is 112 Å². The van der Waals surface area contributed by atoms with Crippen molar-refractivity contribution in [3.63, 3.8) is 0 Å². The van der Waals surface area contributed by atoms with Gasteiger partial charge in [-0.25, -0.2) is 13.6 Å². The third kappa shape index (κ3) is 5.42. The number of thiophene rings is 1. The molecule has 1 amide bonds. The fourth-order valence-corrected chi connectivity index (χ4v) is 4.11. The van der Waals surface area contributed by atoms with Crippen LogP contribution in [0.4, 0.5) is 0 Å². The van der Waals surface area contributed by atoms with Crippen molar-refractivity contribution < 1.29 is 22.4 Å². The third-order valence-electron chi connectivity index (χ3n) is 3.42. The SMILES string of the molecule is NS(=O)(=O)c1ccc(CNC(=O)c2ccc(COc3ccc(Br)cc3)o2)s1. The highest BCUT2D eigenvalue weighted by Gasteiger charge is 2.14. The lowest BCUT2D eigenvalue weighted by atomic mass is 10.3. The molecule has 10 heteroatoms. The minimum absolute atomic E-state index is 0.0529. The second kappa shape index (κ2) is 8.26. The fourth-order valence-electron chi connectivity index (χ4n) is 2.12. The number of primary sulfonamides is 1. The van der Waals surface area contributed by atoms with Crippen molar-refractivity contribution in [2.24, 2.45) is 5.14 Å². The second-order valence-electron chi connectivity index (χ2n) is 5.46. The number of amides is 1. The highest BCUT2D eigenvalue weighted by Crippen LogP contribution is 2.21. The molecule has 0 aliphatic carbocycles. The Morgan fingerprint density at radius 2 is 1.89 bits per heavy atom. The molecule has 0 fully saturated rings. The monoisotopic (exact) mass is 470 g/mol. The highest BCUT2D eigenvalue weighted by molar-refractivity contribution is 9.10. The van der Waals surface area contributed by atoms with Crippen LogP contribution in [0.5, 0.6) is 5.75 Å². The van der Waals surface area contributed by atoms with E-state index < -0.39 is 15.9 Å². The lowest BCUT2D eigenvalue weighted by Gasteiger charge is -2.04. The predicted molar refractivity (Wildman–Crippen MR) is 104 cm³/mol. The quantitative estimate of drug-likeness (QED) is 0.550. The zero-order valence-electron chi connectivity index (χ0n) is 13.8.